The first kappa shape index (κ1) is 14.8. The van der Waals surface area contributed by atoms with Gasteiger partial charge in [0.1, 0.15) is 5.75 Å². The number of methoxy groups -OCH3 is 1. The number of aromatic nitrogens is 1. The largest absolute Gasteiger partial charge is 0.496 e. The minimum absolute atomic E-state index is 0.141. The fourth-order valence-electron chi connectivity index (χ4n) is 2.06. The Morgan fingerprint density at radius 1 is 1.29 bits per heavy atom. The highest BCUT2D eigenvalue weighted by molar-refractivity contribution is 5.93. The first-order valence-electron chi connectivity index (χ1n) is 6.59. The first-order chi connectivity index (χ1) is 10.0. The monoisotopic (exact) mass is 286 g/mol. The Balaban J connectivity index is 2.05. The number of hydrogen-bond donors (Lipinski definition) is 1. The van der Waals surface area contributed by atoms with Gasteiger partial charge in [-0.1, -0.05) is 12.1 Å². The van der Waals surface area contributed by atoms with E-state index in [-0.39, 0.29) is 11.5 Å². The van der Waals surface area contributed by atoms with Gasteiger partial charge < -0.3 is 14.6 Å². The maximum absolute atomic E-state index is 12.0. The lowest BCUT2D eigenvalue weighted by atomic mass is 10.1. The van der Waals surface area contributed by atoms with Crippen molar-refractivity contribution in [2.45, 2.75) is 13.5 Å². The van der Waals surface area contributed by atoms with Crippen molar-refractivity contribution in [3.8, 4) is 5.75 Å². The molecule has 1 heterocycles. The molecule has 0 radical (unpaired) electrons. The highest BCUT2D eigenvalue weighted by Gasteiger charge is 2.07. The fourth-order valence-corrected chi connectivity index (χ4v) is 2.06. The summed E-state index contributed by atoms with van der Waals surface area (Å²) in [5, 5.41) is 2.83. The molecule has 2 aromatic rings. The van der Waals surface area contributed by atoms with E-state index in [4.69, 9.17) is 4.74 Å². The van der Waals surface area contributed by atoms with Crippen LogP contribution in [-0.2, 0) is 13.6 Å². The summed E-state index contributed by atoms with van der Waals surface area (Å²) < 4.78 is 6.58. The molecule has 0 unspecified atom stereocenters. The van der Waals surface area contributed by atoms with Crippen LogP contribution in [0.3, 0.4) is 0 Å². The van der Waals surface area contributed by atoms with Crippen LogP contribution in [0.4, 0.5) is 0 Å². The van der Waals surface area contributed by atoms with Gasteiger partial charge >= 0.3 is 0 Å². The molecule has 1 amide bonds. The van der Waals surface area contributed by atoms with Crippen LogP contribution >= 0.6 is 0 Å². The van der Waals surface area contributed by atoms with E-state index in [2.05, 4.69) is 5.32 Å². The van der Waals surface area contributed by atoms with Crippen LogP contribution < -0.4 is 15.6 Å². The zero-order valence-electron chi connectivity index (χ0n) is 12.3. The van der Waals surface area contributed by atoms with Crippen LogP contribution in [0, 0.1) is 6.92 Å². The van der Waals surface area contributed by atoms with Crippen molar-refractivity contribution in [3.63, 3.8) is 0 Å². The van der Waals surface area contributed by atoms with E-state index < -0.39 is 0 Å². The van der Waals surface area contributed by atoms with E-state index in [0.29, 0.717) is 12.1 Å². The van der Waals surface area contributed by atoms with Crippen molar-refractivity contribution >= 4 is 5.91 Å². The average Bonchev–Trinajstić information content (AvgIpc) is 2.47. The highest BCUT2D eigenvalue weighted by Crippen LogP contribution is 2.18. The predicted molar refractivity (Wildman–Crippen MR) is 80.6 cm³/mol. The number of rotatable bonds is 4. The number of amides is 1. The summed E-state index contributed by atoms with van der Waals surface area (Å²) in [4.78, 5) is 23.3. The number of pyridine rings is 1. The lowest BCUT2D eigenvalue weighted by Gasteiger charge is -2.09. The molecular weight excluding hydrogens is 268 g/mol. The molecule has 0 aliphatic heterocycles. The van der Waals surface area contributed by atoms with Gasteiger partial charge in [-0.15, -0.1) is 0 Å². The Hall–Kier alpha value is -2.56. The van der Waals surface area contributed by atoms with E-state index in [9.17, 15) is 9.59 Å². The second kappa shape index (κ2) is 6.26. The molecule has 0 saturated heterocycles. The third kappa shape index (κ3) is 3.51. The summed E-state index contributed by atoms with van der Waals surface area (Å²) in [7, 11) is 3.25. The molecule has 0 saturated carbocycles. The van der Waals surface area contributed by atoms with E-state index in [1.54, 1.807) is 14.2 Å². The Morgan fingerprint density at radius 2 is 2.05 bits per heavy atom. The Labute approximate surface area is 123 Å². The van der Waals surface area contributed by atoms with Gasteiger partial charge in [-0.2, -0.15) is 0 Å². The Kier molecular flexibility index (Phi) is 4.42. The van der Waals surface area contributed by atoms with Crippen LogP contribution in [0.1, 0.15) is 21.5 Å². The predicted octanol–water partition coefficient (Wildman–Crippen LogP) is 1.63. The molecule has 0 atom stereocenters. The summed E-state index contributed by atoms with van der Waals surface area (Å²) in [6.45, 7) is 2.38. The van der Waals surface area contributed by atoms with Crippen molar-refractivity contribution in [1.29, 1.82) is 0 Å². The number of aryl methyl sites for hydroxylation is 2. The molecule has 1 aromatic carbocycles. The van der Waals surface area contributed by atoms with Crippen LogP contribution in [0.5, 0.6) is 5.75 Å². The van der Waals surface area contributed by atoms with E-state index >= 15 is 0 Å². The Morgan fingerprint density at radius 3 is 2.67 bits per heavy atom. The van der Waals surface area contributed by atoms with Crippen LogP contribution in [0.15, 0.2) is 41.3 Å². The minimum atomic E-state index is -0.209. The fraction of sp³-hybridized carbons (Fsp3) is 0.250. The maximum Gasteiger partial charge on any atom is 0.253 e. The molecule has 0 spiro atoms. The van der Waals surface area contributed by atoms with Crippen molar-refractivity contribution in [2.75, 3.05) is 7.11 Å². The van der Waals surface area contributed by atoms with Gasteiger partial charge in [-0.25, -0.2) is 0 Å². The maximum atomic E-state index is 12.0. The summed E-state index contributed by atoms with van der Waals surface area (Å²) in [6, 6.07) is 8.67. The van der Waals surface area contributed by atoms with Crippen LogP contribution in [-0.4, -0.2) is 17.6 Å². The van der Waals surface area contributed by atoms with Crippen molar-refractivity contribution in [1.82, 2.24) is 9.88 Å². The van der Waals surface area contributed by atoms with Gasteiger partial charge in [0.2, 0.25) is 5.56 Å². The molecule has 5 heteroatoms. The van der Waals surface area contributed by atoms with Gasteiger partial charge in [-0.3, -0.25) is 9.59 Å². The number of hydrogen-bond acceptors (Lipinski definition) is 3. The third-order valence-corrected chi connectivity index (χ3v) is 3.26. The smallest absolute Gasteiger partial charge is 0.253 e. The number of ether oxygens (including phenoxy) is 1. The molecule has 21 heavy (non-hydrogen) atoms. The van der Waals surface area contributed by atoms with E-state index in [1.807, 2.05) is 25.1 Å². The molecule has 5 nitrogen and oxygen atoms in total. The van der Waals surface area contributed by atoms with E-state index in [1.165, 1.54) is 22.9 Å². The Bertz CT molecular complexity index is 720. The lowest BCUT2D eigenvalue weighted by Crippen LogP contribution is -2.25. The molecule has 2 rings (SSSR count). The first-order valence-corrected chi connectivity index (χ1v) is 6.59. The summed E-state index contributed by atoms with van der Waals surface area (Å²) in [6.07, 6.45) is 1.52. The number of nitrogens with one attached hydrogen (secondary N) is 1. The molecule has 1 aromatic heterocycles. The second-order valence-electron chi connectivity index (χ2n) is 4.85. The van der Waals surface area contributed by atoms with Crippen molar-refractivity contribution in [3.05, 3.63) is 63.6 Å². The summed E-state index contributed by atoms with van der Waals surface area (Å²) in [5.41, 5.74) is 2.33. The normalized spacial score (nSPS) is 10.2. The topological polar surface area (TPSA) is 60.3 Å². The molecule has 0 bridgehead atoms. The quantitative estimate of drug-likeness (QED) is 0.929. The molecule has 0 aliphatic carbocycles. The van der Waals surface area contributed by atoms with Gasteiger partial charge in [0.15, 0.2) is 0 Å². The minimum Gasteiger partial charge on any atom is -0.496 e. The van der Waals surface area contributed by atoms with Gasteiger partial charge in [0, 0.05) is 25.9 Å². The number of benzene rings is 1. The SMILES string of the molecule is COc1ccc(CNC(=O)c2ccc(=O)n(C)c2)cc1C. The summed E-state index contributed by atoms with van der Waals surface area (Å²) in [5.74, 6) is 0.613. The third-order valence-electron chi connectivity index (χ3n) is 3.26. The van der Waals surface area contributed by atoms with Gasteiger partial charge in [-0.05, 0) is 30.2 Å². The van der Waals surface area contributed by atoms with Gasteiger partial charge in [0.25, 0.3) is 5.91 Å². The highest BCUT2D eigenvalue weighted by atomic mass is 16.5. The molecule has 0 aliphatic rings. The molecule has 0 fully saturated rings. The number of carbonyl (C=O) groups excluding carboxylic acids is 1. The molecular formula is C16H18N2O3. The number of carbonyl (C=O) groups is 1. The average molecular weight is 286 g/mol. The lowest BCUT2D eigenvalue weighted by molar-refractivity contribution is 0.0950. The second-order valence-corrected chi connectivity index (χ2v) is 4.85. The van der Waals surface area contributed by atoms with Crippen LogP contribution in [0.2, 0.25) is 0 Å². The van der Waals surface area contributed by atoms with Crippen molar-refractivity contribution < 1.29 is 9.53 Å². The summed E-state index contributed by atoms with van der Waals surface area (Å²) >= 11 is 0. The van der Waals surface area contributed by atoms with Gasteiger partial charge in [0.05, 0.1) is 12.7 Å². The number of nitrogens with zero attached hydrogens (tertiary/aromatic N) is 1. The standard InChI is InChI=1S/C16H18N2O3/c1-11-8-12(4-6-14(11)21-3)9-17-16(20)13-5-7-15(19)18(2)10-13/h4-8,10H,9H2,1-3H3,(H,17,20). The van der Waals surface area contributed by atoms with Crippen LogP contribution in [0.25, 0.3) is 0 Å². The zero-order valence-corrected chi connectivity index (χ0v) is 12.3. The molecule has 110 valence electrons. The zero-order chi connectivity index (χ0) is 15.4. The van der Waals surface area contributed by atoms with E-state index in [0.717, 1.165) is 16.9 Å². The van der Waals surface area contributed by atoms with Crippen molar-refractivity contribution in [2.24, 2.45) is 7.05 Å². The molecule has 1 N–H and O–H groups in total.